The number of hydrogen-bond acceptors (Lipinski definition) is 3. The van der Waals surface area contributed by atoms with Crippen LogP contribution in [0.4, 0.5) is 10.1 Å². The topological polar surface area (TPSA) is 66.5 Å². The number of para-hydroxylation sites is 1. The van der Waals surface area contributed by atoms with Crippen molar-refractivity contribution in [2.45, 2.75) is 43.5 Å². The molecule has 144 valence electrons. The van der Waals surface area contributed by atoms with Crippen LogP contribution in [0.1, 0.15) is 43.0 Å². The van der Waals surface area contributed by atoms with E-state index < -0.39 is 15.8 Å². The van der Waals surface area contributed by atoms with E-state index in [4.69, 9.17) is 0 Å². The van der Waals surface area contributed by atoms with Crippen LogP contribution < -0.4 is 4.72 Å². The highest BCUT2D eigenvalue weighted by Crippen LogP contribution is 2.24. The van der Waals surface area contributed by atoms with Gasteiger partial charge in [0.1, 0.15) is 5.82 Å². The van der Waals surface area contributed by atoms with Crippen LogP contribution in [0.25, 0.3) is 0 Å². The largest absolute Gasteiger partial charge is 0.336 e. The van der Waals surface area contributed by atoms with Crippen molar-refractivity contribution in [3.05, 3.63) is 59.9 Å². The summed E-state index contributed by atoms with van der Waals surface area (Å²) in [6.45, 7) is 2.73. The van der Waals surface area contributed by atoms with Crippen LogP contribution in [-0.2, 0) is 10.0 Å². The lowest BCUT2D eigenvalue weighted by Gasteiger charge is -2.35. The molecule has 1 fully saturated rings. The fourth-order valence-corrected chi connectivity index (χ4v) is 4.51. The second-order valence-corrected chi connectivity index (χ2v) is 8.35. The lowest BCUT2D eigenvalue weighted by molar-refractivity contribution is 0.0608. The molecule has 1 unspecified atom stereocenters. The van der Waals surface area contributed by atoms with E-state index in [1.807, 2.05) is 4.90 Å². The molecule has 0 radical (unpaired) electrons. The van der Waals surface area contributed by atoms with Gasteiger partial charge in [-0.2, -0.15) is 0 Å². The average Bonchev–Trinajstić information content (AvgIpc) is 2.69. The maximum Gasteiger partial charge on any atom is 0.262 e. The number of hydrogen-bond donors (Lipinski definition) is 1. The summed E-state index contributed by atoms with van der Waals surface area (Å²) in [5, 5.41) is 0. The van der Waals surface area contributed by atoms with Crippen LogP contribution in [0.3, 0.4) is 0 Å². The molecule has 1 heterocycles. The quantitative estimate of drug-likeness (QED) is 0.838. The number of sulfonamides is 1. The lowest BCUT2D eigenvalue weighted by Crippen LogP contribution is -2.43. The van der Waals surface area contributed by atoms with Gasteiger partial charge in [0.25, 0.3) is 15.9 Å². The second-order valence-electron chi connectivity index (χ2n) is 6.67. The highest BCUT2D eigenvalue weighted by atomic mass is 32.2. The third-order valence-electron chi connectivity index (χ3n) is 4.87. The van der Waals surface area contributed by atoms with Gasteiger partial charge in [-0.3, -0.25) is 9.52 Å². The smallest absolute Gasteiger partial charge is 0.262 e. The minimum Gasteiger partial charge on any atom is -0.336 e. The van der Waals surface area contributed by atoms with Crippen LogP contribution in [0.5, 0.6) is 0 Å². The predicted molar refractivity (Wildman–Crippen MR) is 103 cm³/mol. The number of piperidine rings is 1. The molecule has 1 amide bonds. The van der Waals surface area contributed by atoms with Gasteiger partial charge in [0, 0.05) is 18.2 Å². The molecule has 5 nitrogen and oxygen atoms in total. The van der Waals surface area contributed by atoms with Gasteiger partial charge in [0.05, 0.1) is 10.6 Å². The Morgan fingerprint density at radius 2 is 1.96 bits per heavy atom. The van der Waals surface area contributed by atoms with Crippen molar-refractivity contribution in [3.8, 4) is 0 Å². The Hall–Kier alpha value is -2.41. The van der Waals surface area contributed by atoms with Crippen molar-refractivity contribution >= 4 is 21.6 Å². The maximum absolute atomic E-state index is 13.8. The summed E-state index contributed by atoms with van der Waals surface area (Å²) >= 11 is 0. The third-order valence-corrected chi connectivity index (χ3v) is 6.23. The van der Waals surface area contributed by atoms with Gasteiger partial charge in [-0.05, 0) is 56.0 Å². The van der Waals surface area contributed by atoms with E-state index in [1.165, 1.54) is 36.4 Å². The molecular formula is C20H23FN2O3S. The molecule has 1 atom stereocenters. The first-order chi connectivity index (χ1) is 12.9. The molecular weight excluding hydrogens is 367 g/mol. The third kappa shape index (κ3) is 4.30. The fraction of sp³-hybridized carbons (Fsp3) is 0.350. The van der Waals surface area contributed by atoms with Crippen molar-refractivity contribution in [2.24, 2.45) is 0 Å². The highest BCUT2D eigenvalue weighted by molar-refractivity contribution is 7.92. The van der Waals surface area contributed by atoms with Gasteiger partial charge in [0.15, 0.2) is 0 Å². The predicted octanol–water partition coefficient (Wildman–Crippen LogP) is 4.03. The Bertz CT molecular complexity index is 930. The Balaban J connectivity index is 1.86. The summed E-state index contributed by atoms with van der Waals surface area (Å²) in [7, 11) is -4.00. The number of nitrogens with zero attached hydrogens (tertiary/aromatic N) is 1. The van der Waals surface area contributed by atoms with E-state index in [2.05, 4.69) is 11.6 Å². The van der Waals surface area contributed by atoms with Crippen molar-refractivity contribution < 1.29 is 17.6 Å². The summed E-state index contributed by atoms with van der Waals surface area (Å²) in [6.07, 6.45) is 3.89. The van der Waals surface area contributed by atoms with E-state index in [-0.39, 0.29) is 22.5 Å². The van der Waals surface area contributed by atoms with E-state index in [1.54, 1.807) is 12.1 Å². The van der Waals surface area contributed by atoms with Crippen LogP contribution in [-0.4, -0.2) is 31.8 Å². The number of carbonyl (C=O) groups is 1. The normalized spacial score (nSPS) is 17.6. The SMILES string of the molecule is CCC1CCCCN1C(=O)c1cccc(S(=O)(=O)Nc2ccccc2F)c1. The summed E-state index contributed by atoms with van der Waals surface area (Å²) in [5.74, 6) is -0.822. The van der Waals surface area contributed by atoms with Gasteiger partial charge >= 0.3 is 0 Å². The maximum atomic E-state index is 13.8. The molecule has 0 spiro atoms. The Labute approximate surface area is 159 Å². The Kier molecular flexibility index (Phi) is 5.79. The zero-order chi connectivity index (χ0) is 19.4. The first-order valence-electron chi connectivity index (χ1n) is 9.11. The van der Waals surface area contributed by atoms with Crippen LogP contribution in [0.2, 0.25) is 0 Å². The van der Waals surface area contributed by atoms with E-state index in [9.17, 15) is 17.6 Å². The summed E-state index contributed by atoms with van der Waals surface area (Å²) in [6, 6.07) is 11.6. The number of nitrogens with one attached hydrogen (secondary N) is 1. The van der Waals surface area contributed by atoms with Crippen molar-refractivity contribution in [3.63, 3.8) is 0 Å². The monoisotopic (exact) mass is 390 g/mol. The summed E-state index contributed by atoms with van der Waals surface area (Å²) in [4.78, 5) is 14.7. The molecule has 3 rings (SSSR count). The number of likely N-dealkylation sites (tertiary alicyclic amines) is 1. The zero-order valence-electron chi connectivity index (χ0n) is 15.2. The molecule has 0 saturated carbocycles. The first-order valence-corrected chi connectivity index (χ1v) is 10.6. The molecule has 1 aliphatic rings. The average molecular weight is 390 g/mol. The van der Waals surface area contributed by atoms with E-state index in [0.29, 0.717) is 12.1 Å². The standard InChI is InChI=1S/C20H23FN2O3S/c1-2-16-9-5-6-13-23(16)20(24)15-8-7-10-17(14-15)27(25,26)22-19-12-4-3-11-18(19)21/h3-4,7-8,10-12,14,16,22H,2,5-6,9,13H2,1H3. The van der Waals surface area contributed by atoms with E-state index in [0.717, 1.165) is 25.7 Å². The molecule has 27 heavy (non-hydrogen) atoms. The van der Waals surface area contributed by atoms with Crippen molar-refractivity contribution in [1.82, 2.24) is 4.90 Å². The van der Waals surface area contributed by atoms with Gasteiger partial charge < -0.3 is 4.90 Å². The second kappa shape index (κ2) is 8.08. The van der Waals surface area contributed by atoms with E-state index >= 15 is 0 Å². The molecule has 1 N–H and O–H groups in total. The molecule has 7 heteroatoms. The minimum absolute atomic E-state index is 0.0679. The molecule has 1 aliphatic heterocycles. The minimum atomic E-state index is -4.00. The summed E-state index contributed by atoms with van der Waals surface area (Å²) in [5.41, 5.74) is 0.197. The molecule has 0 aliphatic carbocycles. The zero-order valence-corrected chi connectivity index (χ0v) is 16.0. The molecule has 0 aromatic heterocycles. The lowest BCUT2D eigenvalue weighted by atomic mass is 9.99. The molecule has 2 aromatic rings. The van der Waals surface area contributed by atoms with Gasteiger partial charge in [-0.1, -0.05) is 25.1 Å². The number of amides is 1. The molecule has 2 aromatic carbocycles. The van der Waals surface area contributed by atoms with Crippen LogP contribution in [0, 0.1) is 5.82 Å². The molecule has 1 saturated heterocycles. The number of benzene rings is 2. The highest BCUT2D eigenvalue weighted by Gasteiger charge is 2.27. The Morgan fingerprint density at radius 3 is 2.70 bits per heavy atom. The Morgan fingerprint density at radius 1 is 1.19 bits per heavy atom. The number of halogens is 1. The first kappa shape index (κ1) is 19.4. The van der Waals surface area contributed by atoms with Gasteiger partial charge in [-0.15, -0.1) is 0 Å². The fourth-order valence-electron chi connectivity index (χ4n) is 3.40. The van der Waals surface area contributed by atoms with Gasteiger partial charge in [0.2, 0.25) is 0 Å². The molecule has 0 bridgehead atoms. The van der Waals surface area contributed by atoms with Crippen molar-refractivity contribution in [1.29, 1.82) is 0 Å². The van der Waals surface area contributed by atoms with Crippen molar-refractivity contribution in [2.75, 3.05) is 11.3 Å². The van der Waals surface area contributed by atoms with Gasteiger partial charge in [-0.25, -0.2) is 12.8 Å². The number of carbonyl (C=O) groups excluding carboxylic acids is 1. The summed E-state index contributed by atoms with van der Waals surface area (Å²) < 4.78 is 41.3. The number of anilines is 1. The van der Waals surface area contributed by atoms with Crippen LogP contribution in [0.15, 0.2) is 53.4 Å². The van der Waals surface area contributed by atoms with Crippen LogP contribution >= 0.6 is 0 Å². The number of rotatable bonds is 5.